The van der Waals surface area contributed by atoms with E-state index in [2.05, 4.69) is 59.3 Å². The number of rotatable bonds is 6. The van der Waals surface area contributed by atoms with Gasteiger partial charge in [-0.2, -0.15) is 0 Å². The molecule has 0 atom stereocenters. The van der Waals surface area contributed by atoms with Gasteiger partial charge >= 0.3 is 5.97 Å². The van der Waals surface area contributed by atoms with E-state index in [4.69, 9.17) is 0 Å². The van der Waals surface area contributed by atoms with Gasteiger partial charge in [-0.3, -0.25) is 4.90 Å². The molecule has 3 rings (SSSR count). The Morgan fingerprint density at radius 1 is 1.40 bits per heavy atom. The average molecular weight is 356 g/mol. The number of thiophene rings is 1. The third kappa shape index (κ3) is 4.11. The minimum atomic E-state index is -0.793. The summed E-state index contributed by atoms with van der Waals surface area (Å²) in [5, 5.41) is 11.3. The van der Waals surface area contributed by atoms with Gasteiger partial charge in [0.1, 0.15) is 0 Å². The molecule has 25 heavy (non-hydrogen) atoms. The highest BCUT2D eigenvalue weighted by Gasteiger charge is 2.17. The molecule has 0 unspecified atom stereocenters. The van der Waals surface area contributed by atoms with E-state index in [1.54, 1.807) is 11.3 Å². The summed E-state index contributed by atoms with van der Waals surface area (Å²) in [7, 11) is 2.07. The van der Waals surface area contributed by atoms with Gasteiger partial charge in [-0.05, 0) is 48.9 Å². The van der Waals surface area contributed by atoms with Crippen LogP contribution in [0, 0.1) is 6.92 Å². The van der Waals surface area contributed by atoms with Crippen LogP contribution in [-0.2, 0) is 11.8 Å². The van der Waals surface area contributed by atoms with E-state index < -0.39 is 5.97 Å². The van der Waals surface area contributed by atoms with Crippen LogP contribution in [0.15, 0.2) is 47.5 Å². The molecule has 132 valence electrons. The lowest BCUT2D eigenvalue weighted by Crippen LogP contribution is -2.32. The van der Waals surface area contributed by atoms with Gasteiger partial charge in [-0.15, -0.1) is 11.3 Å². The number of hydrogen-bond donors (Lipinski definition) is 1. The van der Waals surface area contributed by atoms with Gasteiger partial charge in [-0.1, -0.05) is 12.2 Å². The number of aromatic nitrogens is 1. The Labute approximate surface area is 152 Å². The molecule has 0 saturated heterocycles. The molecule has 1 N–H and O–H groups in total. The lowest BCUT2D eigenvalue weighted by atomic mass is 10.1. The fraction of sp³-hybridized carbons (Fsp3) is 0.350. The lowest BCUT2D eigenvalue weighted by molar-refractivity contribution is -0.133. The first kappa shape index (κ1) is 17.7. The lowest BCUT2D eigenvalue weighted by Gasteiger charge is -2.25. The van der Waals surface area contributed by atoms with Crippen LogP contribution in [0.25, 0.3) is 5.57 Å². The normalized spacial score (nSPS) is 16.1. The van der Waals surface area contributed by atoms with Crippen LogP contribution in [0.2, 0.25) is 0 Å². The zero-order valence-electron chi connectivity index (χ0n) is 14.7. The summed E-state index contributed by atoms with van der Waals surface area (Å²) in [5.74, 6) is -0.793. The standard InChI is InChI=1S/C20H24N2O2S/c1-15-9-13-25-19(15)17(18-8-5-10-21(18)2)7-4-12-22-11-3-6-16(14-22)20(23)24/h5-10,13H,3-4,11-12,14H2,1-2H3,(H,23,24). The fourth-order valence-electron chi connectivity index (χ4n) is 3.25. The largest absolute Gasteiger partial charge is 0.478 e. The number of hydrogen-bond acceptors (Lipinski definition) is 3. The molecule has 0 radical (unpaired) electrons. The zero-order valence-corrected chi connectivity index (χ0v) is 15.6. The second kappa shape index (κ2) is 7.85. The number of aliphatic carboxylic acids is 1. The maximum atomic E-state index is 11.2. The summed E-state index contributed by atoms with van der Waals surface area (Å²) in [5.41, 5.74) is 4.31. The van der Waals surface area contributed by atoms with Gasteiger partial charge < -0.3 is 9.67 Å². The molecule has 0 aromatic carbocycles. The van der Waals surface area contributed by atoms with Gasteiger partial charge in [-0.25, -0.2) is 4.79 Å². The first-order valence-corrected chi connectivity index (χ1v) is 9.45. The molecule has 0 spiro atoms. The first-order chi connectivity index (χ1) is 12.1. The molecule has 0 fully saturated rings. The molecule has 2 aromatic heterocycles. The Bertz CT molecular complexity index is 771. The highest BCUT2D eigenvalue weighted by molar-refractivity contribution is 7.11. The van der Waals surface area contributed by atoms with Gasteiger partial charge in [0, 0.05) is 54.6 Å². The van der Waals surface area contributed by atoms with E-state index >= 15 is 0 Å². The Hall–Kier alpha value is -2.11. The van der Waals surface area contributed by atoms with Crippen molar-refractivity contribution in [2.75, 3.05) is 19.6 Å². The van der Waals surface area contributed by atoms with E-state index in [-0.39, 0.29) is 0 Å². The number of nitrogens with zero attached hydrogens (tertiary/aromatic N) is 2. The van der Waals surface area contributed by atoms with Crippen molar-refractivity contribution in [2.24, 2.45) is 7.05 Å². The summed E-state index contributed by atoms with van der Waals surface area (Å²) in [6.07, 6.45) is 7.94. The van der Waals surface area contributed by atoms with Crippen molar-refractivity contribution in [3.8, 4) is 0 Å². The Morgan fingerprint density at radius 2 is 2.24 bits per heavy atom. The maximum absolute atomic E-state index is 11.2. The number of carboxylic acid groups (broad SMARTS) is 1. The van der Waals surface area contributed by atoms with Crippen molar-refractivity contribution in [1.82, 2.24) is 9.47 Å². The molecular formula is C20H24N2O2S. The van der Waals surface area contributed by atoms with E-state index in [0.717, 1.165) is 25.9 Å². The molecular weight excluding hydrogens is 332 g/mol. The molecule has 3 heterocycles. The van der Waals surface area contributed by atoms with Crippen molar-refractivity contribution >= 4 is 22.9 Å². The molecule has 0 amide bonds. The quantitative estimate of drug-likeness (QED) is 0.853. The molecule has 1 aliphatic rings. The Morgan fingerprint density at radius 3 is 2.88 bits per heavy atom. The molecule has 0 saturated carbocycles. The zero-order chi connectivity index (χ0) is 17.8. The highest BCUT2D eigenvalue weighted by Crippen LogP contribution is 2.31. The number of carbonyl (C=O) groups is 1. The van der Waals surface area contributed by atoms with Gasteiger partial charge in [0.2, 0.25) is 0 Å². The monoisotopic (exact) mass is 356 g/mol. The number of aryl methyl sites for hydroxylation is 2. The smallest absolute Gasteiger partial charge is 0.332 e. The Balaban J connectivity index is 1.74. The Kier molecular flexibility index (Phi) is 5.56. The van der Waals surface area contributed by atoms with E-state index in [1.165, 1.54) is 21.7 Å². The third-order valence-electron chi connectivity index (χ3n) is 4.62. The van der Waals surface area contributed by atoms with Crippen LogP contribution < -0.4 is 0 Å². The summed E-state index contributed by atoms with van der Waals surface area (Å²) in [6.45, 7) is 4.50. The maximum Gasteiger partial charge on any atom is 0.332 e. The van der Waals surface area contributed by atoms with Crippen LogP contribution in [0.5, 0.6) is 0 Å². The van der Waals surface area contributed by atoms with Crippen molar-refractivity contribution in [1.29, 1.82) is 0 Å². The summed E-state index contributed by atoms with van der Waals surface area (Å²) < 4.78 is 2.15. The van der Waals surface area contributed by atoms with Crippen LogP contribution >= 0.6 is 11.3 Å². The second-order valence-electron chi connectivity index (χ2n) is 6.44. The van der Waals surface area contributed by atoms with E-state index in [1.807, 2.05) is 6.08 Å². The van der Waals surface area contributed by atoms with Gasteiger partial charge in [0.05, 0.1) is 0 Å². The minimum absolute atomic E-state index is 0.520. The van der Waals surface area contributed by atoms with Crippen LogP contribution in [-0.4, -0.2) is 40.2 Å². The summed E-state index contributed by atoms with van der Waals surface area (Å²) in [4.78, 5) is 14.7. The van der Waals surface area contributed by atoms with Gasteiger partial charge in [0.15, 0.2) is 0 Å². The molecule has 0 bridgehead atoms. The van der Waals surface area contributed by atoms with Crippen molar-refractivity contribution < 1.29 is 9.90 Å². The predicted octanol–water partition coefficient (Wildman–Crippen LogP) is 3.93. The SMILES string of the molecule is Cc1ccsc1C(=CCCN1CCC=C(C(=O)O)C1)c1cccn1C. The molecule has 2 aromatic rings. The summed E-state index contributed by atoms with van der Waals surface area (Å²) in [6, 6.07) is 6.38. The topological polar surface area (TPSA) is 45.5 Å². The van der Waals surface area contributed by atoms with E-state index in [0.29, 0.717) is 12.1 Å². The molecule has 1 aliphatic heterocycles. The van der Waals surface area contributed by atoms with E-state index in [9.17, 15) is 9.90 Å². The molecule has 0 aliphatic carbocycles. The average Bonchev–Trinajstić information content (AvgIpc) is 3.21. The molecule has 4 nitrogen and oxygen atoms in total. The van der Waals surface area contributed by atoms with Crippen molar-refractivity contribution in [2.45, 2.75) is 19.8 Å². The number of carboxylic acids is 1. The van der Waals surface area contributed by atoms with Crippen molar-refractivity contribution in [3.05, 3.63) is 63.6 Å². The highest BCUT2D eigenvalue weighted by atomic mass is 32.1. The fourth-order valence-corrected chi connectivity index (χ4v) is 4.22. The van der Waals surface area contributed by atoms with Crippen molar-refractivity contribution in [3.63, 3.8) is 0 Å². The minimum Gasteiger partial charge on any atom is -0.478 e. The van der Waals surface area contributed by atoms with Crippen LogP contribution in [0.3, 0.4) is 0 Å². The second-order valence-corrected chi connectivity index (χ2v) is 7.36. The predicted molar refractivity (Wildman–Crippen MR) is 103 cm³/mol. The molecule has 5 heteroatoms. The van der Waals surface area contributed by atoms with Gasteiger partial charge in [0.25, 0.3) is 0 Å². The first-order valence-electron chi connectivity index (χ1n) is 8.57. The van der Waals surface area contributed by atoms with Crippen LogP contribution in [0.1, 0.15) is 29.0 Å². The third-order valence-corrected chi connectivity index (χ3v) is 5.67. The summed E-state index contributed by atoms with van der Waals surface area (Å²) >= 11 is 1.77. The van der Waals surface area contributed by atoms with Crippen LogP contribution in [0.4, 0.5) is 0 Å².